The van der Waals surface area contributed by atoms with Crippen molar-refractivity contribution >= 4 is 17.9 Å². The second-order valence-electron chi connectivity index (χ2n) is 8.78. The zero-order valence-corrected chi connectivity index (χ0v) is 15.1. The maximum atomic E-state index is 12.3. The van der Waals surface area contributed by atoms with Gasteiger partial charge in [-0.15, -0.1) is 0 Å². The van der Waals surface area contributed by atoms with Crippen LogP contribution in [0.25, 0.3) is 0 Å². The lowest BCUT2D eigenvalue weighted by atomic mass is 9.46. The summed E-state index contributed by atoms with van der Waals surface area (Å²) >= 11 is 0. The van der Waals surface area contributed by atoms with E-state index in [-0.39, 0.29) is 41.2 Å². The zero-order chi connectivity index (χ0) is 18.7. The lowest BCUT2D eigenvalue weighted by Crippen LogP contribution is -2.57. The first kappa shape index (κ1) is 17.8. The Morgan fingerprint density at radius 2 is 2.12 bits per heavy atom. The molecule has 0 saturated heterocycles. The van der Waals surface area contributed by atoms with E-state index in [1.807, 2.05) is 6.08 Å². The van der Waals surface area contributed by atoms with Gasteiger partial charge in [-0.1, -0.05) is 18.6 Å². The predicted molar refractivity (Wildman–Crippen MR) is 94.0 cm³/mol. The van der Waals surface area contributed by atoms with Gasteiger partial charge in [0, 0.05) is 22.7 Å². The van der Waals surface area contributed by atoms with Crippen molar-refractivity contribution in [2.45, 2.75) is 45.1 Å². The van der Waals surface area contributed by atoms with Crippen LogP contribution in [-0.4, -0.2) is 40.8 Å². The molecule has 3 saturated carbocycles. The summed E-state index contributed by atoms with van der Waals surface area (Å²) in [6, 6.07) is 0. The monoisotopic (exact) mass is 358 g/mol. The Bertz CT molecular complexity index is 722. The van der Waals surface area contributed by atoms with Crippen molar-refractivity contribution in [2.75, 3.05) is 6.61 Å². The molecule has 0 unspecified atom stereocenters. The van der Waals surface area contributed by atoms with E-state index < -0.39 is 24.0 Å². The predicted octanol–water partition coefficient (Wildman–Crippen LogP) is 1.62. The second-order valence-corrected chi connectivity index (χ2v) is 8.78. The molecule has 26 heavy (non-hydrogen) atoms. The quantitative estimate of drug-likeness (QED) is 0.748. The smallest absolute Gasteiger partial charge is 0.178 e. The Hall–Kier alpha value is -1.59. The van der Waals surface area contributed by atoms with E-state index in [1.54, 1.807) is 12.2 Å². The average molecular weight is 358 g/mol. The van der Waals surface area contributed by atoms with Crippen LogP contribution < -0.4 is 0 Å². The first-order valence-electron chi connectivity index (χ1n) is 9.59. The molecule has 0 aliphatic heterocycles. The van der Waals surface area contributed by atoms with Crippen LogP contribution in [0.5, 0.6) is 0 Å². The largest absolute Gasteiger partial charge is 0.393 e. The number of ketones is 2. The molecular formula is C21H26O5. The Morgan fingerprint density at radius 1 is 1.35 bits per heavy atom. The molecule has 2 N–H and O–H groups in total. The van der Waals surface area contributed by atoms with Crippen LogP contribution in [-0.2, 0) is 14.4 Å². The Labute approximate surface area is 153 Å². The van der Waals surface area contributed by atoms with E-state index in [0.717, 1.165) is 31.1 Å². The molecule has 4 aliphatic carbocycles. The van der Waals surface area contributed by atoms with Crippen LogP contribution in [0.2, 0.25) is 0 Å². The van der Waals surface area contributed by atoms with Crippen LogP contribution in [0, 0.1) is 34.5 Å². The van der Waals surface area contributed by atoms with E-state index in [2.05, 4.69) is 6.92 Å². The van der Waals surface area contributed by atoms with E-state index >= 15 is 0 Å². The molecular weight excluding hydrogens is 332 g/mol. The molecule has 140 valence electrons. The molecule has 0 radical (unpaired) electrons. The van der Waals surface area contributed by atoms with E-state index in [4.69, 9.17) is 0 Å². The van der Waals surface area contributed by atoms with Gasteiger partial charge >= 0.3 is 0 Å². The second kappa shape index (κ2) is 5.96. The van der Waals surface area contributed by atoms with Gasteiger partial charge in [-0.25, -0.2) is 0 Å². The summed E-state index contributed by atoms with van der Waals surface area (Å²) in [4.78, 5) is 36.3. The molecule has 3 fully saturated rings. The number of Topliss-reactive ketones (excluding diaryl/α,β-unsaturated/α-hetero) is 1. The van der Waals surface area contributed by atoms with Crippen LogP contribution in [0.3, 0.4) is 0 Å². The van der Waals surface area contributed by atoms with Gasteiger partial charge < -0.3 is 15.0 Å². The van der Waals surface area contributed by atoms with Gasteiger partial charge in [0.15, 0.2) is 11.6 Å². The molecule has 0 aromatic heterocycles. The minimum absolute atomic E-state index is 0.00191. The Morgan fingerprint density at radius 3 is 2.81 bits per heavy atom. The first-order valence-corrected chi connectivity index (χ1v) is 9.59. The number of aliphatic hydroxyl groups excluding tert-OH is 2. The van der Waals surface area contributed by atoms with E-state index in [9.17, 15) is 24.6 Å². The van der Waals surface area contributed by atoms with Gasteiger partial charge in [-0.05, 0) is 56.1 Å². The van der Waals surface area contributed by atoms with E-state index in [1.165, 1.54) is 0 Å². The van der Waals surface area contributed by atoms with Crippen molar-refractivity contribution in [3.63, 3.8) is 0 Å². The third-order valence-electron chi connectivity index (χ3n) is 7.87. The molecule has 0 bridgehead atoms. The molecule has 0 heterocycles. The highest BCUT2D eigenvalue weighted by Crippen LogP contribution is 2.65. The molecule has 5 heteroatoms. The lowest BCUT2D eigenvalue weighted by Gasteiger charge is -2.58. The van der Waals surface area contributed by atoms with Crippen molar-refractivity contribution in [3.8, 4) is 0 Å². The molecule has 4 aliphatic rings. The standard InChI is InChI=1S/C21H26O5/c1-20-7-6-13(24)8-12(20)2-3-14-15-4-5-16(18(26)10-22)21(15,11-23)9-17(25)19(14)20/h6-8,11,14-17,19,22,25H,2-5,9-10H2,1H3/t14-,15-,16+,17-,19+,20-,21+/m0/s1. The minimum Gasteiger partial charge on any atom is -0.393 e. The number of carbonyl (C=O) groups excluding carboxylic acids is 3. The highest BCUT2D eigenvalue weighted by atomic mass is 16.3. The third-order valence-corrected chi connectivity index (χ3v) is 7.87. The SMILES string of the molecule is C[C@]12C=CC(=O)C=C1CC[C@@H]1[C@@H]2[C@@H](O)C[C@]2(C=O)[C@@H](C(=O)CO)CC[C@@H]12. The third kappa shape index (κ3) is 2.20. The zero-order valence-electron chi connectivity index (χ0n) is 15.1. The number of allylic oxidation sites excluding steroid dienone is 4. The van der Waals surface area contributed by atoms with Crippen molar-refractivity contribution in [1.82, 2.24) is 0 Å². The van der Waals surface area contributed by atoms with Gasteiger partial charge in [0.2, 0.25) is 0 Å². The highest BCUT2D eigenvalue weighted by Gasteiger charge is 2.64. The van der Waals surface area contributed by atoms with Gasteiger partial charge in [0.25, 0.3) is 0 Å². The fourth-order valence-corrected chi connectivity index (χ4v) is 6.81. The number of fused-ring (bicyclic) bond motifs is 5. The van der Waals surface area contributed by atoms with Gasteiger partial charge in [0.05, 0.1) is 6.10 Å². The lowest BCUT2D eigenvalue weighted by molar-refractivity contribution is -0.153. The molecule has 4 rings (SSSR count). The average Bonchev–Trinajstić information content (AvgIpc) is 3.00. The fourth-order valence-electron chi connectivity index (χ4n) is 6.81. The first-order chi connectivity index (χ1) is 12.4. The maximum absolute atomic E-state index is 12.3. The number of aliphatic hydroxyl groups is 2. The number of rotatable bonds is 3. The number of hydrogen-bond donors (Lipinski definition) is 2. The fraction of sp³-hybridized carbons (Fsp3) is 0.667. The summed E-state index contributed by atoms with van der Waals surface area (Å²) in [5.41, 5.74) is -0.152. The molecule has 7 atom stereocenters. The minimum atomic E-state index is -0.855. The number of hydrogen-bond acceptors (Lipinski definition) is 5. The summed E-state index contributed by atoms with van der Waals surface area (Å²) < 4.78 is 0. The number of carbonyl (C=O) groups is 3. The van der Waals surface area contributed by atoms with E-state index in [0.29, 0.717) is 6.42 Å². The molecule has 0 aromatic carbocycles. The Kier molecular flexibility index (Phi) is 4.08. The van der Waals surface area contributed by atoms with Crippen molar-refractivity contribution < 1.29 is 24.6 Å². The molecule has 0 spiro atoms. The summed E-state index contributed by atoms with van der Waals surface area (Å²) in [7, 11) is 0. The maximum Gasteiger partial charge on any atom is 0.178 e. The summed E-state index contributed by atoms with van der Waals surface area (Å²) in [6.45, 7) is 1.54. The summed E-state index contributed by atoms with van der Waals surface area (Å²) in [5, 5.41) is 20.4. The van der Waals surface area contributed by atoms with Crippen LogP contribution in [0.4, 0.5) is 0 Å². The van der Waals surface area contributed by atoms with Gasteiger partial charge in [-0.3, -0.25) is 9.59 Å². The molecule has 0 aromatic rings. The topological polar surface area (TPSA) is 91.7 Å². The molecule has 5 nitrogen and oxygen atoms in total. The Balaban J connectivity index is 1.75. The highest BCUT2D eigenvalue weighted by molar-refractivity contribution is 6.01. The van der Waals surface area contributed by atoms with Gasteiger partial charge in [-0.2, -0.15) is 0 Å². The van der Waals surface area contributed by atoms with Gasteiger partial charge in [0.1, 0.15) is 12.9 Å². The summed E-state index contributed by atoms with van der Waals surface area (Å²) in [5.74, 6) is -0.626. The summed E-state index contributed by atoms with van der Waals surface area (Å²) in [6.07, 6.45) is 8.68. The van der Waals surface area contributed by atoms with Crippen LogP contribution in [0.15, 0.2) is 23.8 Å². The number of aldehydes is 1. The van der Waals surface area contributed by atoms with Crippen molar-refractivity contribution in [2.24, 2.45) is 34.5 Å². The van der Waals surface area contributed by atoms with Crippen molar-refractivity contribution in [1.29, 1.82) is 0 Å². The van der Waals surface area contributed by atoms with Crippen molar-refractivity contribution in [3.05, 3.63) is 23.8 Å². The van der Waals surface area contributed by atoms with Crippen LogP contribution in [0.1, 0.15) is 39.0 Å². The molecule has 0 amide bonds. The van der Waals surface area contributed by atoms with Crippen LogP contribution >= 0.6 is 0 Å². The normalized spacial score (nSPS) is 46.8.